The molecule has 0 radical (unpaired) electrons. The lowest BCUT2D eigenvalue weighted by Crippen LogP contribution is -2.24. The molecule has 1 aliphatic carbocycles. The molecule has 0 aromatic heterocycles. The molecule has 2 aromatic rings. The second kappa shape index (κ2) is 9.25. The molecule has 29 heavy (non-hydrogen) atoms. The van der Waals surface area contributed by atoms with E-state index < -0.39 is 5.60 Å². The van der Waals surface area contributed by atoms with Gasteiger partial charge in [0.05, 0.1) is 11.3 Å². The minimum atomic E-state index is -0.580. The minimum absolute atomic E-state index is 0.299. The maximum atomic E-state index is 13.2. The predicted octanol–water partition coefficient (Wildman–Crippen LogP) is 7.12. The maximum Gasteiger partial charge on any atom is 0.340 e. The van der Waals surface area contributed by atoms with Crippen LogP contribution in [-0.4, -0.2) is 11.6 Å². The minimum Gasteiger partial charge on any atom is -0.456 e. The smallest absolute Gasteiger partial charge is 0.340 e. The molecule has 0 heterocycles. The first-order valence-electron chi connectivity index (χ1n) is 10.4. The lowest BCUT2D eigenvalue weighted by atomic mass is 9.88. The van der Waals surface area contributed by atoms with Gasteiger partial charge in [0, 0.05) is 5.69 Å². The van der Waals surface area contributed by atoms with E-state index in [0.29, 0.717) is 22.9 Å². The van der Waals surface area contributed by atoms with Crippen molar-refractivity contribution in [3.05, 3.63) is 65.5 Å². The fourth-order valence-corrected chi connectivity index (χ4v) is 3.54. The van der Waals surface area contributed by atoms with E-state index in [4.69, 9.17) is 4.74 Å². The van der Waals surface area contributed by atoms with Crippen molar-refractivity contribution >= 4 is 23.4 Å². The van der Waals surface area contributed by atoms with Crippen LogP contribution in [0, 0.1) is 11.7 Å². The van der Waals surface area contributed by atoms with Crippen LogP contribution >= 0.6 is 0 Å². The number of allylic oxidation sites excluding steroid dienone is 1. The summed E-state index contributed by atoms with van der Waals surface area (Å²) < 4.78 is 18.8. The summed E-state index contributed by atoms with van der Waals surface area (Å²) in [6.45, 7) is 5.54. The lowest BCUT2D eigenvalue weighted by Gasteiger charge is -2.21. The largest absolute Gasteiger partial charge is 0.456 e. The van der Waals surface area contributed by atoms with Crippen molar-refractivity contribution in [1.29, 1.82) is 0 Å². The van der Waals surface area contributed by atoms with Gasteiger partial charge >= 0.3 is 5.97 Å². The van der Waals surface area contributed by atoms with Crippen LogP contribution in [0.25, 0.3) is 6.08 Å². The molecule has 1 fully saturated rings. The molecule has 2 aromatic carbocycles. The number of anilines is 2. The quantitative estimate of drug-likeness (QED) is 0.548. The molecule has 3 rings (SSSR count). The molecule has 0 spiro atoms. The Morgan fingerprint density at radius 1 is 1.07 bits per heavy atom. The Hall–Kier alpha value is -2.62. The number of ether oxygens (including phenoxy) is 1. The van der Waals surface area contributed by atoms with Crippen LogP contribution in [0.5, 0.6) is 0 Å². The Labute approximate surface area is 173 Å². The van der Waals surface area contributed by atoms with E-state index in [2.05, 4.69) is 17.5 Å². The summed E-state index contributed by atoms with van der Waals surface area (Å²) in [5.41, 5.74) is 2.26. The van der Waals surface area contributed by atoms with Gasteiger partial charge in [0.15, 0.2) is 0 Å². The lowest BCUT2D eigenvalue weighted by molar-refractivity contribution is 0.00707. The number of esters is 1. The summed E-state index contributed by atoms with van der Waals surface area (Å²) in [7, 11) is 0. The number of carbonyl (C=O) groups is 1. The van der Waals surface area contributed by atoms with Gasteiger partial charge in [0.1, 0.15) is 11.4 Å². The zero-order valence-electron chi connectivity index (χ0n) is 17.5. The van der Waals surface area contributed by atoms with Gasteiger partial charge in [-0.2, -0.15) is 0 Å². The second-order valence-corrected chi connectivity index (χ2v) is 8.70. The average Bonchev–Trinajstić information content (AvgIpc) is 2.68. The molecule has 0 atom stereocenters. The SMILES string of the molecule is CC(C)(C)OC(=O)c1ccc(C=CC2CCCCC2)cc1Nc1ccc(F)cc1. The Morgan fingerprint density at radius 3 is 2.41 bits per heavy atom. The van der Waals surface area contributed by atoms with E-state index in [0.717, 1.165) is 5.56 Å². The zero-order valence-corrected chi connectivity index (χ0v) is 17.5. The Morgan fingerprint density at radius 2 is 1.76 bits per heavy atom. The third kappa shape index (κ3) is 6.45. The van der Waals surface area contributed by atoms with Crippen LogP contribution < -0.4 is 5.32 Å². The third-order valence-corrected chi connectivity index (χ3v) is 5.00. The molecule has 1 aliphatic rings. The summed E-state index contributed by atoms with van der Waals surface area (Å²) in [4.78, 5) is 12.7. The highest BCUT2D eigenvalue weighted by Gasteiger charge is 2.21. The van der Waals surface area contributed by atoms with Gasteiger partial charge in [-0.3, -0.25) is 0 Å². The van der Waals surface area contributed by atoms with Gasteiger partial charge in [-0.15, -0.1) is 0 Å². The van der Waals surface area contributed by atoms with Crippen molar-refractivity contribution in [2.75, 3.05) is 5.32 Å². The van der Waals surface area contributed by atoms with Crippen LogP contribution in [-0.2, 0) is 4.74 Å². The van der Waals surface area contributed by atoms with Gasteiger partial charge in [-0.05, 0) is 81.5 Å². The highest BCUT2D eigenvalue weighted by molar-refractivity contribution is 5.97. The standard InChI is InChI=1S/C25H30FNO2/c1-25(2,3)29-24(28)22-16-11-19(10-9-18-7-5-4-6-8-18)17-23(22)27-21-14-12-20(26)13-15-21/h9-18,27H,4-8H2,1-3H3. The van der Waals surface area contributed by atoms with Gasteiger partial charge in [0.2, 0.25) is 0 Å². The first-order chi connectivity index (χ1) is 13.8. The number of hydrogen-bond acceptors (Lipinski definition) is 3. The van der Waals surface area contributed by atoms with Crippen molar-refractivity contribution < 1.29 is 13.9 Å². The summed E-state index contributed by atoms with van der Waals surface area (Å²) in [6.07, 6.45) is 10.8. The molecule has 0 bridgehead atoms. The zero-order chi connectivity index (χ0) is 20.9. The van der Waals surface area contributed by atoms with E-state index in [1.54, 1.807) is 18.2 Å². The van der Waals surface area contributed by atoms with Gasteiger partial charge in [-0.1, -0.05) is 37.5 Å². The summed E-state index contributed by atoms with van der Waals surface area (Å²) in [5.74, 6) is -0.0557. The number of rotatable bonds is 5. The first kappa shape index (κ1) is 21.1. The normalized spacial score (nSPS) is 15.4. The van der Waals surface area contributed by atoms with Crippen molar-refractivity contribution in [2.45, 2.75) is 58.5 Å². The Kier molecular flexibility index (Phi) is 6.73. The summed E-state index contributed by atoms with van der Waals surface area (Å²) in [5, 5.41) is 3.24. The third-order valence-electron chi connectivity index (χ3n) is 5.00. The molecule has 0 saturated heterocycles. The summed E-state index contributed by atoms with van der Waals surface area (Å²) in [6, 6.07) is 11.8. The van der Waals surface area contributed by atoms with Crippen LogP contribution in [0.1, 0.15) is 68.8 Å². The Bertz CT molecular complexity index is 859. The molecule has 154 valence electrons. The molecule has 1 N–H and O–H groups in total. The monoisotopic (exact) mass is 395 g/mol. The number of benzene rings is 2. The molecule has 0 aliphatic heterocycles. The second-order valence-electron chi connectivity index (χ2n) is 8.70. The van der Waals surface area contributed by atoms with Gasteiger partial charge in [-0.25, -0.2) is 9.18 Å². The molecule has 0 amide bonds. The summed E-state index contributed by atoms with van der Waals surface area (Å²) >= 11 is 0. The number of carbonyl (C=O) groups excluding carboxylic acids is 1. The van der Waals surface area contributed by atoms with E-state index in [-0.39, 0.29) is 11.8 Å². The van der Waals surface area contributed by atoms with Crippen LogP contribution in [0.4, 0.5) is 15.8 Å². The van der Waals surface area contributed by atoms with Crippen molar-refractivity contribution in [1.82, 2.24) is 0 Å². The van der Waals surface area contributed by atoms with E-state index in [9.17, 15) is 9.18 Å². The van der Waals surface area contributed by atoms with E-state index >= 15 is 0 Å². The fourth-order valence-electron chi connectivity index (χ4n) is 3.54. The Balaban J connectivity index is 1.87. The van der Waals surface area contributed by atoms with Crippen LogP contribution in [0.2, 0.25) is 0 Å². The molecular formula is C25H30FNO2. The fraction of sp³-hybridized carbons (Fsp3) is 0.400. The van der Waals surface area contributed by atoms with Crippen molar-refractivity contribution in [2.24, 2.45) is 5.92 Å². The van der Waals surface area contributed by atoms with Crippen LogP contribution in [0.3, 0.4) is 0 Å². The topological polar surface area (TPSA) is 38.3 Å². The highest BCUT2D eigenvalue weighted by atomic mass is 19.1. The van der Waals surface area contributed by atoms with Crippen molar-refractivity contribution in [3.63, 3.8) is 0 Å². The van der Waals surface area contributed by atoms with Gasteiger partial charge < -0.3 is 10.1 Å². The average molecular weight is 396 g/mol. The number of nitrogens with one attached hydrogen (secondary N) is 1. The molecule has 0 unspecified atom stereocenters. The molecular weight excluding hydrogens is 365 g/mol. The maximum absolute atomic E-state index is 13.2. The van der Waals surface area contributed by atoms with Crippen LogP contribution in [0.15, 0.2) is 48.5 Å². The molecule has 3 nitrogen and oxygen atoms in total. The molecule has 1 saturated carbocycles. The highest BCUT2D eigenvalue weighted by Crippen LogP contribution is 2.28. The number of halogens is 1. The first-order valence-corrected chi connectivity index (χ1v) is 10.4. The van der Waals surface area contributed by atoms with E-state index in [1.807, 2.05) is 32.9 Å². The molecule has 4 heteroatoms. The predicted molar refractivity (Wildman–Crippen MR) is 117 cm³/mol. The van der Waals surface area contributed by atoms with Crippen molar-refractivity contribution in [3.8, 4) is 0 Å². The van der Waals surface area contributed by atoms with Gasteiger partial charge in [0.25, 0.3) is 0 Å². The number of hydrogen-bond donors (Lipinski definition) is 1. The van der Waals surface area contributed by atoms with E-state index in [1.165, 1.54) is 44.2 Å².